The van der Waals surface area contributed by atoms with Gasteiger partial charge in [-0.1, -0.05) is 24.0 Å². The predicted molar refractivity (Wildman–Crippen MR) is 122 cm³/mol. The van der Waals surface area contributed by atoms with Gasteiger partial charge in [0.05, 0.1) is 18.5 Å². The molecule has 206 valence electrons. The first-order chi connectivity index (χ1) is 17.9. The van der Waals surface area contributed by atoms with E-state index in [1.54, 1.807) is 6.92 Å². The molecule has 2 aliphatic rings. The summed E-state index contributed by atoms with van der Waals surface area (Å²) in [5.41, 5.74) is -3.88. The van der Waals surface area contributed by atoms with Gasteiger partial charge in [0.2, 0.25) is 5.60 Å². The van der Waals surface area contributed by atoms with Crippen LogP contribution in [0.2, 0.25) is 0 Å². The number of nitrogens with one attached hydrogen (secondary N) is 1. The third-order valence-corrected chi connectivity index (χ3v) is 6.58. The smallest absolute Gasteiger partial charge is 0.373 e. The number of benzene rings is 1. The van der Waals surface area contributed by atoms with E-state index < -0.39 is 65.7 Å². The molecule has 4 rings (SSSR count). The number of nitrogens with zero attached hydrogens (tertiary/aromatic N) is 3. The predicted octanol–water partition coefficient (Wildman–Crippen LogP) is 4.66. The van der Waals surface area contributed by atoms with Gasteiger partial charge in [-0.25, -0.2) is 30.7 Å². The fraction of sp³-hybridized carbons (Fsp3) is 0.435. The highest BCUT2D eigenvalue weighted by Crippen LogP contribution is 2.46. The number of pyridine rings is 1. The summed E-state index contributed by atoms with van der Waals surface area (Å²) in [5.74, 6) is -6.60. The Kier molecular flexibility index (Phi) is 9.05. The number of hydrogen-bond acceptors (Lipinski definition) is 8. The standard InChI is InChI=1S/C22H21F7N4OS.CO2/c1-3-35-32-16-9-33(10-22(16,28)29)17-7-21(20(26)27,34-31-17)19-13(4-11(2)8-30-19)18-14(24)5-12(23)6-15(18)25;2-1-3/h4-6,8,16,20,32H,3,7,9-10H2,1-2H3;/t16-,21?;/m1./s1. The van der Waals surface area contributed by atoms with E-state index in [4.69, 9.17) is 14.4 Å². The molecule has 0 radical (unpaired) electrons. The number of carbonyl (C=O) groups excluding carboxylic acids is 2. The second-order valence-corrected chi connectivity index (χ2v) is 9.55. The van der Waals surface area contributed by atoms with Crippen molar-refractivity contribution in [2.24, 2.45) is 5.16 Å². The molecule has 1 fully saturated rings. The van der Waals surface area contributed by atoms with Crippen LogP contribution < -0.4 is 4.72 Å². The van der Waals surface area contributed by atoms with Gasteiger partial charge in [0.25, 0.3) is 12.3 Å². The van der Waals surface area contributed by atoms with Gasteiger partial charge in [-0.15, -0.1) is 0 Å². The van der Waals surface area contributed by atoms with Crippen LogP contribution in [0.4, 0.5) is 30.7 Å². The maximum absolute atomic E-state index is 14.6. The number of aryl methyl sites for hydroxylation is 1. The molecule has 2 aromatic rings. The molecule has 3 heterocycles. The van der Waals surface area contributed by atoms with E-state index in [-0.39, 0.29) is 24.1 Å². The van der Waals surface area contributed by atoms with Crippen LogP contribution in [0.25, 0.3) is 11.1 Å². The number of rotatable bonds is 6. The summed E-state index contributed by atoms with van der Waals surface area (Å²) in [7, 11) is 0. The third-order valence-electron chi connectivity index (χ3n) is 5.84. The van der Waals surface area contributed by atoms with Crippen molar-refractivity contribution in [2.75, 3.05) is 18.8 Å². The van der Waals surface area contributed by atoms with Crippen molar-refractivity contribution >= 4 is 23.9 Å². The lowest BCUT2D eigenvalue weighted by atomic mass is 9.88. The van der Waals surface area contributed by atoms with Gasteiger partial charge in [0.1, 0.15) is 35.0 Å². The van der Waals surface area contributed by atoms with Crippen molar-refractivity contribution in [1.29, 1.82) is 0 Å². The molecule has 2 atom stereocenters. The SMILES string of the molecule is CCSN[C@@H]1CN(C2=NOC(c3ncc(C)cc3-c3c(F)cc(F)cc3F)(C(F)F)C2)CC1(F)F.O=C=O. The van der Waals surface area contributed by atoms with E-state index in [0.717, 1.165) is 16.8 Å². The summed E-state index contributed by atoms with van der Waals surface area (Å²) in [5, 5.41) is 3.67. The van der Waals surface area contributed by atoms with Crippen LogP contribution in [-0.4, -0.2) is 59.1 Å². The second kappa shape index (κ2) is 11.7. The second-order valence-electron chi connectivity index (χ2n) is 8.45. The van der Waals surface area contributed by atoms with E-state index in [1.165, 1.54) is 19.2 Å². The van der Waals surface area contributed by atoms with Crippen LogP contribution in [0.15, 0.2) is 29.6 Å². The topological polar surface area (TPSA) is 83.9 Å². The minimum atomic E-state index is -3.29. The minimum absolute atomic E-state index is 0.163. The molecule has 1 unspecified atom stereocenters. The Hall–Kier alpha value is -3.16. The van der Waals surface area contributed by atoms with E-state index in [0.29, 0.717) is 23.4 Å². The van der Waals surface area contributed by atoms with Crippen LogP contribution in [0.5, 0.6) is 0 Å². The maximum atomic E-state index is 14.6. The summed E-state index contributed by atoms with van der Waals surface area (Å²) in [4.78, 5) is 26.5. The van der Waals surface area contributed by atoms with Crippen LogP contribution in [-0.2, 0) is 20.0 Å². The first kappa shape index (κ1) is 29.4. The highest BCUT2D eigenvalue weighted by molar-refractivity contribution is 7.97. The lowest BCUT2D eigenvalue weighted by molar-refractivity contribution is -0.191. The largest absolute Gasteiger partial charge is 0.374 e. The average Bonchev–Trinajstić information content (AvgIpc) is 3.39. The minimum Gasteiger partial charge on any atom is -0.374 e. The Morgan fingerprint density at radius 1 is 1.21 bits per heavy atom. The quantitative estimate of drug-likeness (QED) is 0.402. The lowest BCUT2D eigenvalue weighted by Crippen LogP contribution is -2.40. The van der Waals surface area contributed by atoms with E-state index in [9.17, 15) is 30.7 Å². The normalized spacial score (nSPS) is 22.0. The molecule has 7 nitrogen and oxygen atoms in total. The molecule has 1 saturated heterocycles. The zero-order valence-corrected chi connectivity index (χ0v) is 20.7. The number of aromatic nitrogens is 1. The Bertz CT molecular complexity index is 1220. The lowest BCUT2D eigenvalue weighted by Gasteiger charge is -2.28. The molecule has 1 aromatic carbocycles. The van der Waals surface area contributed by atoms with Crippen LogP contribution in [0.3, 0.4) is 0 Å². The molecule has 0 bridgehead atoms. The first-order valence-electron chi connectivity index (χ1n) is 11.0. The number of oxime groups is 1. The molecular weight excluding hydrogens is 545 g/mol. The van der Waals surface area contributed by atoms with Gasteiger partial charge in [-0.2, -0.15) is 9.59 Å². The number of amidine groups is 1. The molecule has 2 aliphatic heterocycles. The fourth-order valence-corrected chi connectivity index (χ4v) is 4.75. The van der Waals surface area contributed by atoms with Crippen LogP contribution >= 0.6 is 11.9 Å². The van der Waals surface area contributed by atoms with E-state index in [2.05, 4.69) is 14.9 Å². The Morgan fingerprint density at radius 2 is 1.84 bits per heavy atom. The third kappa shape index (κ3) is 5.79. The van der Waals surface area contributed by atoms with Crippen molar-refractivity contribution in [3.63, 3.8) is 0 Å². The van der Waals surface area contributed by atoms with Crippen molar-refractivity contribution < 1.29 is 45.2 Å². The summed E-state index contributed by atoms with van der Waals surface area (Å²) >= 11 is 1.10. The molecule has 0 spiro atoms. The highest BCUT2D eigenvalue weighted by atomic mass is 32.2. The molecule has 0 aliphatic carbocycles. The maximum Gasteiger partial charge on any atom is 0.373 e. The summed E-state index contributed by atoms with van der Waals surface area (Å²) < 4.78 is 103. The van der Waals surface area contributed by atoms with E-state index >= 15 is 0 Å². The summed E-state index contributed by atoms with van der Waals surface area (Å²) in [6.07, 6.45) is -2.51. The number of alkyl halides is 4. The highest BCUT2D eigenvalue weighted by Gasteiger charge is 2.56. The van der Waals surface area contributed by atoms with Gasteiger partial charge < -0.3 is 9.74 Å². The monoisotopic (exact) mass is 566 g/mol. The molecular formula is C23H21F7N4O3S. The first-order valence-corrected chi connectivity index (χ1v) is 12.0. The Labute approximate surface area is 216 Å². The van der Waals surface area contributed by atoms with Gasteiger partial charge >= 0.3 is 6.15 Å². The van der Waals surface area contributed by atoms with Crippen molar-refractivity contribution in [1.82, 2.24) is 14.6 Å². The van der Waals surface area contributed by atoms with Crippen molar-refractivity contribution in [3.05, 3.63) is 53.1 Å². The zero-order chi connectivity index (χ0) is 28.3. The van der Waals surface area contributed by atoms with Gasteiger partial charge in [-0.3, -0.25) is 9.71 Å². The molecule has 0 saturated carbocycles. The Morgan fingerprint density at radius 3 is 2.42 bits per heavy atom. The van der Waals surface area contributed by atoms with E-state index in [1.807, 2.05) is 0 Å². The molecule has 0 amide bonds. The van der Waals surface area contributed by atoms with Gasteiger partial charge in [0.15, 0.2) is 0 Å². The van der Waals surface area contributed by atoms with Crippen molar-refractivity contribution in [3.8, 4) is 11.1 Å². The van der Waals surface area contributed by atoms with Crippen LogP contribution in [0, 0.1) is 24.4 Å². The fourth-order valence-electron chi connectivity index (χ4n) is 4.13. The number of halogens is 7. The molecule has 1 aromatic heterocycles. The number of likely N-dealkylation sites (tertiary alicyclic amines) is 1. The van der Waals surface area contributed by atoms with Gasteiger partial charge in [0, 0.05) is 36.2 Å². The average molecular weight is 566 g/mol. The van der Waals surface area contributed by atoms with Crippen molar-refractivity contribution in [2.45, 2.75) is 44.3 Å². The number of hydrogen-bond donors (Lipinski definition) is 1. The molecule has 1 N–H and O–H groups in total. The molecule has 38 heavy (non-hydrogen) atoms. The Balaban J connectivity index is 0.00000127. The zero-order valence-electron chi connectivity index (χ0n) is 19.9. The van der Waals surface area contributed by atoms with Gasteiger partial charge in [-0.05, 0) is 18.6 Å². The summed E-state index contributed by atoms with van der Waals surface area (Å²) in [6.45, 7) is 2.33. The van der Waals surface area contributed by atoms with Crippen LogP contribution in [0.1, 0.15) is 24.6 Å². The molecule has 15 heteroatoms. The summed E-state index contributed by atoms with van der Waals surface area (Å²) in [6, 6.07) is 0.821.